The summed E-state index contributed by atoms with van der Waals surface area (Å²) < 4.78 is 10.4. The summed E-state index contributed by atoms with van der Waals surface area (Å²) in [5, 5.41) is 21.0. The van der Waals surface area contributed by atoms with Gasteiger partial charge in [-0.05, 0) is 85.9 Å². The highest BCUT2D eigenvalue weighted by molar-refractivity contribution is 6.30. The van der Waals surface area contributed by atoms with E-state index in [1.165, 1.54) is 0 Å². The molecule has 2 saturated carbocycles. The van der Waals surface area contributed by atoms with E-state index in [0.29, 0.717) is 40.7 Å². The van der Waals surface area contributed by atoms with Crippen LogP contribution in [0.4, 0.5) is 5.82 Å². The number of hydrogen-bond acceptors (Lipinski definition) is 6. The summed E-state index contributed by atoms with van der Waals surface area (Å²) in [6.07, 6.45) is 5.11. The van der Waals surface area contributed by atoms with Crippen LogP contribution in [0.5, 0.6) is 0 Å². The van der Waals surface area contributed by atoms with Gasteiger partial charge in [0.15, 0.2) is 5.69 Å². The van der Waals surface area contributed by atoms with Gasteiger partial charge in [0.05, 0.1) is 23.9 Å². The first-order valence-electron chi connectivity index (χ1n) is 12.9. The number of piperidine rings is 1. The van der Waals surface area contributed by atoms with E-state index in [4.69, 9.17) is 13.0 Å². The van der Waals surface area contributed by atoms with Crippen molar-refractivity contribution in [3.05, 3.63) is 69.6 Å². The number of fused-ring (bicyclic) bond motifs is 1. The fourth-order valence-corrected chi connectivity index (χ4v) is 5.53. The third-order valence-electron chi connectivity index (χ3n) is 7.73. The number of aryl methyl sites for hydroxylation is 1. The van der Waals surface area contributed by atoms with Gasteiger partial charge in [-0.2, -0.15) is 5.26 Å². The van der Waals surface area contributed by atoms with Crippen molar-refractivity contribution in [2.45, 2.75) is 51.1 Å². The molecule has 1 aliphatic heterocycles. The van der Waals surface area contributed by atoms with E-state index >= 15 is 0 Å². The number of nitrogens with zero attached hydrogens (tertiary/aromatic N) is 6. The van der Waals surface area contributed by atoms with Crippen molar-refractivity contribution < 1.29 is 11.0 Å². The van der Waals surface area contributed by atoms with Crippen LogP contribution in [0.25, 0.3) is 0 Å². The first-order chi connectivity index (χ1) is 18.2. The maximum Gasteiger partial charge on any atom is 0.273 e. The van der Waals surface area contributed by atoms with E-state index in [-0.39, 0.29) is 35.5 Å². The molecule has 1 aromatic carbocycles. The number of benzene rings is 1. The van der Waals surface area contributed by atoms with Gasteiger partial charge < -0.3 is 5.32 Å². The van der Waals surface area contributed by atoms with E-state index in [9.17, 15) is 14.9 Å². The smallest absolute Gasteiger partial charge is 0.273 e. The predicted octanol–water partition coefficient (Wildman–Crippen LogP) is 3.77. The van der Waals surface area contributed by atoms with Crippen molar-refractivity contribution in [2.75, 3.05) is 11.4 Å². The quantitative estimate of drug-likeness (QED) is 0.533. The zero-order valence-corrected chi connectivity index (χ0v) is 21.2. The molecule has 3 fully saturated rings. The molecule has 0 spiro atoms. The molecule has 3 heterocycles. The highest BCUT2D eigenvalue weighted by Gasteiger charge is 2.52. The van der Waals surface area contributed by atoms with Gasteiger partial charge in [0.1, 0.15) is 5.82 Å². The van der Waals surface area contributed by atoms with Gasteiger partial charge >= 0.3 is 0 Å². The minimum absolute atomic E-state index is 0.168. The molecule has 9 nitrogen and oxygen atoms in total. The number of aromatic nitrogens is 4. The Morgan fingerprint density at radius 3 is 2.84 bits per heavy atom. The van der Waals surface area contributed by atoms with Crippen molar-refractivity contribution in [2.24, 2.45) is 11.8 Å². The van der Waals surface area contributed by atoms with Gasteiger partial charge in [0.2, 0.25) is 5.91 Å². The maximum absolute atomic E-state index is 12.9. The second kappa shape index (κ2) is 8.96. The zero-order chi connectivity index (χ0) is 26.8. The molecule has 2 aromatic heterocycles. The van der Waals surface area contributed by atoms with E-state index in [1.807, 2.05) is 19.9 Å². The third-order valence-corrected chi connectivity index (χ3v) is 7.97. The lowest BCUT2D eigenvalue weighted by Crippen LogP contribution is -2.43. The Labute approximate surface area is 220 Å². The topological polar surface area (TPSA) is 117 Å². The molecule has 3 aliphatic rings. The summed E-state index contributed by atoms with van der Waals surface area (Å²) in [5.41, 5.74) is 3.10. The van der Waals surface area contributed by atoms with Crippen LogP contribution in [0.1, 0.15) is 72.2 Å². The second-order valence-corrected chi connectivity index (χ2v) is 10.6. The molecule has 188 valence electrons. The van der Waals surface area contributed by atoms with E-state index in [2.05, 4.69) is 26.7 Å². The zero-order valence-electron chi connectivity index (χ0n) is 21.5. The average Bonchev–Trinajstić information content (AvgIpc) is 3.33. The van der Waals surface area contributed by atoms with Crippen LogP contribution in [-0.2, 0) is 4.79 Å². The van der Waals surface area contributed by atoms with Crippen LogP contribution in [0.2, 0.25) is 5.02 Å². The highest BCUT2D eigenvalue weighted by atomic mass is 35.5. The largest absolute Gasteiger partial charge is 0.348 e. The molecular formula is C27H26ClN7O2. The predicted molar refractivity (Wildman–Crippen MR) is 136 cm³/mol. The van der Waals surface area contributed by atoms with Crippen molar-refractivity contribution >= 4 is 29.2 Å². The number of nitrogens with one attached hydrogen (secondary N) is 1. The monoisotopic (exact) mass is 516 g/mol. The second-order valence-electron chi connectivity index (χ2n) is 10.2. The van der Waals surface area contributed by atoms with Crippen LogP contribution in [0.3, 0.4) is 0 Å². The Morgan fingerprint density at radius 2 is 2.14 bits per heavy atom. The van der Waals surface area contributed by atoms with Gasteiger partial charge in [-0.15, -0.1) is 5.10 Å². The fraction of sp³-hybridized carbons (Fsp3) is 0.407. The van der Waals surface area contributed by atoms with Crippen LogP contribution in [0, 0.1) is 30.1 Å². The van der Waals surface area contributed by atoms with Crippen LogP contribution in [-0.4, -0.2) is 44.4 Å². The summed E-state index contributed by atoms with van der Waals surface area (Å²) in [5.74, 6) is 0.170. The molecule has 0 bridgehead atoms. The van der Waals surface area contributed by atoms with Gasteiger partial charge in [-0.3, -0.25) is 14.5 Å². The van der Waals surface area contributed by atoms with E-state index in [0.717, 1.165) is 24.1 Å². The normalized spacial score (nSPS) is 27.1. The lowest BCUT2D eigenvalue weighted by Gasteiger charge is -2.36. The lowest BCUT2D eigenvalue weighted by atomic mass is 9.74. The number of anilines is 1. The Balaban J connectivity index is 1.10. The van der Waals surface area contributed by atoms with Crippen molar-refractivity contribution in [1.82, 2.24) is 25.3 Å². The summed E-state index contributed by atoms with van der Waals surface area (Å²) in [6.45, 7) is 4.67. The number of carbonyl (C=O) groups excluding carboxylic acids is 2. The molecule has 2 amide bonds. The first-order valence-corrected chi connectivity index (χ1v) is 12.8. The molecular weight excluding hydrogens is 490 g/mol. The number of amides is 2. The minimum Gasteiger partial charge on any atom is -0.348 e. The molecule has 1 saturated heterocycles. The molecule has 3 aromatic rings. The molecule has 3 atom stereocenters. The molecule has 6 rings (SSSR count). The van der Waals surface area contributed by atoms with Crippen LogP contribution in [0.15, 0.2) is 36.7 Å². The van der Waals surface area contributed by atoms with Crippen molar-refractivity contribution in [3.8, 4) is 6.07 Å². The Hall–Kier alpha value is -3.77. The third kappa shape index (κ3) is 4.25. The van der Waals surface area contributed by atoms with Gasteiger partial charge in [0, 0.05) is 31.1 Å². The van der Waals surface area contributed by atoms with Crippen LogP contribution >= 0.6 is 11.6 Å². The summed E-state index contributed by atoms with van der Waals surface area (Å²) in [4.78, 5) is 31.6. The fourth-order valence-electron chi connectivity index (χ4n) is 5.36. The van der Waals surface area contributed by atoms with E-state index < -0.39 is 5.89 Å². The number of hydrogen-bond donors (Lipinski definition) is 1. The Morgan fingerprint density at radius 1 is 1.32 bits per heavy atom. The summed E-state index contributed by atoms with van der Waals surface area (Å²) in [6, 6.07) is 8.54. The molecule has 0 radical (unpaired) electrons. The van der Waals surface area contributed by atoms with Crippen molar-refractivity contribution in [3.63, 3.8) is 0 Å². The van der Waals surface area contributed by atoms with E-state index in [1.54, 1.807) is 40.2 Å². The molecule has 1 N–H and O–H groups in total. The van der Waals surface area contributed by atoms with Gasteiger partial charge in [0.25, 0.3) is 5.91 Å². The summed E-state index contributed by atoms with van der Waals surface area (Å²) in [7, 11) is 0. The maximum atomic E-state index is 12.9. The number of pyridine rings is 1. The average molecular weight is 517 g/mol. The van der Waals surface area contributed by atoms with Gasteiger partial charge in [-0.25, -0.2) is 9.67 Å². The minimum atomic E-state index is -0.975. The van der Waals surface area contributed by atoms with Crippen LogP contribution < -0.4 is 10.2 Å². The number of rotatable bonds is 6. The molecule has 10 heteroatoms. The van der Waals surface area contributed by atoms with Gasteiger partial charge in [-0.1, -0.05) is 16.8 Å². The highest BCUT2D eigenvalue weighted by Crippen LogP contribution is 2.47. The standard InChI is InChI=1S/C27H26ClN7O2/c1-14-5-25(34-12-18-8-22(18)27(34)37)30-11-23(14)15(2)35-13-24(32-33-35)26(36)31-20-6-17(7-20)21-9-19(28)4-3-16(21)10-29/h3-5,9,11,13,15,17-18,20,22H,6-8,12H2,1-2H3,(H,31,36)/t15-,17-,18+,20+,22+/m0/s1/i17D. The Bertz CT molecular complexity index is 1510. The van der Waals surface area contributed by atoms with Crippen molar-refractivity contribution in [1.29, 1.82) is 5.26 Å². The number of halogens is 1. The summed E-state index contributed by atoms with van der Waals surface area (Å²) >= 11 is 6.09. The Kier molecular flexibility index (Phi) is 5.43. The first kappa shape index (κ1) is 22.4. The molecule has 37 heavy (non-hydrogen) atoms. The number of carbonyl (C=O) groups is 2. The molecule has 0 unspecified atom stereocenters. The number of nitriles is 1. The lowest BCUT2D eigenvalue weighted by molar-refractivity contribution is -0.118. The SMILES string of the molecule is [2H][C@]1(c2cc(Cl)ccc2C#N)C[C@@H](NC(=O)c2cn([C@@H](C)c3cnc(N4C[C@H]5C[C@H]5C4=O)cc3C)nn2)C1. The molecule has 2 aliphatic carbocycles.